The molecule has 3 aliphatic rings. The summed E-state index contributed by atoms with van der Waals surface area (Å²) in [7, 11) is 0. The molecule has 1 spiro atoms. The number of hydrogen-bond acceptors (Lipinski definition) is 0. The molecule has 0 saturated heterocycles. The summed E-state index contributed by atoms with van der Waals surface area (Å²) in [6.45, 7) is 10.1. The number of rotatable bonds is 0. The topological polar surface area (TPSA) is 0 Å². The summed E-state index contributed by atoms with van der Waals surface area (Å²) in [6, 6.07) is 0. The highest BCUT2D eigenvalue weighted by Crippen LogP contribution is 2.68. The van der Waals surface area contributed by atoms with Gasteiger partial charge in [0.25, 0.3) is 0 Å². The van der Waals surface area contributed by atoms with Crippen molar-refractivity contribution in [3.8, 4) is 0 Å². The van der Waals surface area contributed by atoms with Crippen molar-refractivity contribution in [1.82, 2.24) is 0 Å². The van der Waals surface area contributed by atoms with Crippen LogP contribution in [-0.4, -0.2) is 0 Å². The molecule has 3 saturated carbocycles. The molecule has 3 fully saturated rings. The zero-order chi connectivity index (χ0) is 11.5. The Morgan fingerprint density at radius 1 is 0.875 bits per heavy atom. The Morgan fingerprint density at radius 3 is 2.19 bits per heavy atom. The first-order valence-corrected chi connectivity index (χ1v) is 7.55. The summed E-state index contributed by atoms with van der Waals surface area (Å²) in [4.78, 5) is 0. The predicted molar refractivity (Wildman–Crippen MR) is 69.2 cm³/mol. The number of hydrogen-bond donors (Lipinski definition) is 0. The average Bonchev–Trinajstić information content (AvgIpc) is 2.61. The maximum absolute atomic E-state index is 2.53. The van der Waals surface area contributed by atoms with Gasteiger partial charge in [-0.25, -0.2) is 0 Å². The van der Waals surface area contributed by atoms with E-state index in [0.29, 0.717) is 0 Å². The highest BCUT2D eigenvalue weighted by molar-refractivity contribution is 5.09. The van der Waals surface area contributed by atoms with E-state index in [4.69, 9.17) is 0 Å². The molecule has 6 unspecified atom stereocenters. The second-order valence-corrected chi connectivity index (χ2v) is 7.46. The Hall–Kier alpha value is 0. The lowest BCUT2D eigenvalue weighted by Gasteiger charge is -2.56. The van der Waals surface area contributed by atoms with Crippen LogP contribution in [0.3, 0.4) is 0 Å². The van der Waals surface area contributed by atoms with E-state index in [2.05, 4.69) is 27.7 Å². The van der Waals surface area contributed by atoms with Crippen molar-refractivity contribution in [1.29, 1.82) is 0 Å². The molecular weight excluding hydrogens is 192 g/mol. The van der Waals surface area contributed by atoms with Gasteiger partial charge in [-0.2, -0.15) is 0 Å². The monoisotopic (exact) mass is 220 g/mol. The smallest absolute Gasteiger partial charge is 0.0215 e. The molecule has 0 heteroatoms. The molecule has 0 radical (unpaired) electrons. The first-order chi connectivity index (χ1) is 7.55. The van der Waals surface area contributed by atoms with Crippen molar-refractivity contribution in [2.45, 2.75) is 59.8 Å². The van der Waals surface area contributed by atoms with Gasteiger partial charge in [0.15, 0.2) is 0 Å². The van der Waals surface area contributed by atoms with Crippen LogP contribution in [0.4, 0.5) is 0 Å². The molecule has 0 nitrogen and oxygen atoms in total. The van der Waals surface area contributed by atoms with Crippen LogP contribution in [0.1, 0.15) is 59.8 Å². The fourth-order valence-corrected chi connectivity index (χ4v) is 5.77. The first-order valence-electron chi connectivity index (χ1n) is 7.55. The van der Waals surface area contributed by atoms with Crippen molar-refractivity contribution in [3.63, 3.8) is 0 Å². The molecule has 16 heavy (non-hydrogen) atoms. The van der Waals surface area contributed by atoms with Crippen molar-refractivity contribution >= 4 is 0 Å². The largest absolute Gasteiger partial charge is 0.0622 e. The number of fused-ring (bicyclic) bond motifs is 3. The summed E-state index contributed by atoms with van der Waals surface area (Å²) in [5, 5.41) is 0. The van der Waals surface area contributed by atoms with Crippen molar-refractivity contribution in [2.75, 3.05) is 0 Å². The molecule has 92 valence electrons. The zero-order valence-electron chi connectivity index (χ0n) is 11.5. The van der Waals surface area contributed by atoms with E-state index in [1.807, 2.05) is 0 Å². The fraction of sp³-hybridized carbons (Fsp3) is 1.00. The van der Waals surface area contributed by atoms with Crippen LogP contribution in [0, 0.1) is 40.9 Å². The van der Waals surface area contributed by atoms with Crippen LogP contribution in [0.5, 0.6) is 0 Å². The maximum Gasteiger partial charge on any atom is -0.0215 e. The van der Waals surface area contributed by atoms with Crippen LogP contribution in [0.15, 0.2) is 0 Å². The van der Waals surface area contributed by atoms with Crippen LogP contribution >= 0.6 is 0 Å². The predicted octanol–water partition coefficient (Wildman–Crippen LogP) is 4.74. The summed E-state index contributed by atoms with van der Waals surface area (Å²) >= 11 is 0. The summed E-state index contributed by atoms with van der Waals surface area (Å²) < 4.78 is 0. The Balaban J connectivity index is 1.87. The average molecular weight is 220 g/mol. The minimum absolute atomic E-state index is 0.791. The van der Waals surface area contributed by atoms with Gasteiger partial charge in [-0.1, -0.05) is 34.1 Å². The van der Waals surface area contributed by atoms with Crippen molar-refractivity contribution < 1.29 is 0 Å². The van der Waals surface area contributed by atoms with E-state index in [-0.39, 0.29) is 0 Å². The molecular formula is C16H28. The molecule has 2 bridgehead atoms. The highest BCUT2D eigenvalue weighted by Gasteiger charge is 2.60. The van der Waals surface area contributed by atoms with Gasteiger partial charge in [-0.05, 0) is 66.6 Å². The van der Waals surface area contributed by atoms with Crippen LogP contribution in [-0.2, 0) is 0 Å². The summed E-state index contributed by atoms with van der Waals surface area (Å²) in [5.74, 6) is 6.18. The standard InChI is InChI=1S/C16H28/c1-10-5-6-15-8-14(13(10)4)9-16(15)11(2)7-12(16)3/h10-15H,5-9H2,1-4H3. The second kappa shape index (κ2) is 3.50. The van der Waals surface area contributed by atoms with Gasteiger partial charge in [0, 0.05) is 0 Å². The first kappa shape index (κ1) is 11.1. The third-order valence-electron chi connectivity index (χ3n) is 7.12. The van der Waals surface area contributed by atoms with Crippen LogP contribution in [0.25, 0.3) is 0 Å². The molecule has 0 aliphatic heterocycles. The van der Waals surface area contributed by atoms with Crippen molar-refractivity contribution in [3.05, 3.63) is 0 Å². The van der Waals surface area contributed by atoms with Gasteiger partial charge in [-0.15, -0.1) is 0 Å². The zero-order valence-corrected chi connectivity index (χ0v) is 11.5. The van der Waals surface area contributed by atoms with E-state index in [1.165, 1.54) is 19.3 Å². The lowest BCUT2D eigenvalue weighted by Crippen LogP contribution is -2.49. The molecule has 0 N–H and O–H groups in total. The minimum atomic E-state index is 0.791. The normalized spacial score (nSPS) is 60.8. The Kier molecular flexibility index (Phi) is 2.43. The van der Waals surface area contributed by atoms with Crippen LogP contribution < -0.4 is 0 Å². The minimum Gasteiger partial charge on any atom is -0.0622 e. The molecule has 0 aromatic heterocycles. The second-order valence-electron chi connectivity index (χ2n) is 7.46. The van der Waals surface area contributed by atoms with E-state index >= 15 is 0 Å². The Labute approximate surface area is 101 Å². The molecule has 6 atom stereocenters. The van der Waals surface area contributed by atoms with E-state index in [1.54, 1.807) is 12.8 Å². The van der Waals surface area contributed by atoms with Crippen LogP contribution in [0.2, 0.25) is 0 Å². The van der Waals surface area contributed by atoms with Gasteiger partial charge in [0.2, 0.25) is 0 Å². The Morgan fingerprint density at radius 2 is 1.56 bits per heavy atom. The van der Waals surface area contributed by atoms with E-state index in [0.717, 1.165) is 40.9 Å². The van der Waals surface area contributed by atoms with Gasteiger partial charge < -0.3 is 0 Å². The lowest BCUT2D eigenvalue weighted by molar-refractivity contribution is -0.0781. The third-order valence-corrected chi connectivity index (χ3v) is 7.12. The SMILES string of the molecule is CC1CCC2CC(CC23C(C)CC3C)C1C. The molecule has 3 aliphatic carbocycles. The van der Waals surface area contributed by atoms with E-state index in [9.17, 15) is 0 Å². The van der Waals surface area contributed by atoms with Gasteiger partial charge >= 0.3 is 0 Å². The van der Waals surface area contributed by atoms with Gasteiger partial charge in [0.1, 0.15) is 0 Å². The van der Waals surface area contributed by atoms with Gasteiger partial charge in [0.05, 0.1) is 0 Å². The van der Waals surface area contributed by atoms with E-state index < -0.39 is 0 Å². The molecule has 0 aromatic carbocycles. The quantitative estimate of drug-likeness (QED) is 0.553. The fourth-order valence-electron chi connectivity index (χ4n) is 5.77. The lowest BCUT2D eigenvalue weighted by atomic mass is 9.48. The Bertz CT molecular complexity index is 272. The maximum atomic E-state index is 2.53. The van der Waals surface area contributed by atoms with Crippen molar-refractivity contribution in [2.24, 2.45) is 40.9 Å². The molecule has 0 heterocycles. The molecule has 3 rings (SSSR count). The molecule has 0 amide bonds. The summed E-state index contributed by atoms with van der Waals surface area (Å²) in [6.07, 6.45) is 7.69. The van der Waals surface area contributed by atoms with Gasteiger partial charge in [-0.3, -0.25) is 0 Å². The molecule has 0 aromatic rings. The highest BCUT2D eigenvalue weighted by atomic mass is 14.6. The summed E-state index contributed by atoms with van der Waals surface area (Å²) in [5.41, 5.74) is 0.791. The third kappa shape index (κ3) is 1.22.